The Labute approximate surface area is 183 Å². The Hall–Kier alpha value is -2.13. The first-order valence-electron chi connectivity index (χ1n) is 9.46. The Kier molecular flexibility index (Phi) is 8.66. The highest BCUT2D eigenvalue weighted by atomic mass is 35.5. The predicted octanol–water partition coefficient (Wildman–Crippen LogP) is 3.32. The molecule has 0 fully saturated rings. The number of carbonyl (C=O) groups is 1. The molecule has 0 heterocycles. The van der Waals surface area contributed by atoms with Gasteiger partial charge in [0.25, 0.3) is 5.91 Å². The summed E-state index contributed by atoms with van der Waals surface area (Å²) in [5, 5.41) is 3.30. The lowest BCUT2D eigenvalue weighted by molar-refractivity contribution is 0.0905. The maximum Gasteiger partial charge on any atom is 0.251 e. The van der Waals surface area contributed by atoms with Gasteiger partial charge >= 0.3 is 0 Å². The number of hydrogen-bond donors (Lipinski definition) is 1. The number of nitrogens with zero attached hydrogens (tertiary/aromatic N) is 1. The summed E-state index contributed by atoms with van der Waals surface area (Å²) >= 11 is 5.86. The molecule has 0 aliphatic rings. The summed E-state index contributed by atoms with van der Waals surface area (Å²) in [5.41, 5.74) is 0.998. The number of halogens is 1. The first-order valence-corrected chi connectivity index (χ1v) is 11.3. The summed E-state index contributed by atoms with van der Waals surface area (Å²) in [4.78, 5) is 12.7. The van der Waals surface area contributed by atoms with Crippen LogP contribution in [0.3, 0.4) is 0 Å². The zero-order valence-electron chi connectivity index (χ0n) is 17.5. The second-order valence-electron chi connectivity index (χ2n) is 6.80. The van der Waals surface area contributed by atoms with Crippen LogP contribution in [0, 0.1) is 0 Å². The Morgan fingerprint density at radius 3 is 2.47 bits per heavy atom. The normalized spacial score (nSPS) is 12.6. The van der Waals surface area contributed by atoms with Crippen LogP contribution in [0.5, 0.6) is 5.75 Å². The number of sulfonamides is 1. The van der Waals surface area contributed by atoms with Gasteiger partial charge in [-0.15, -0.1) is 0 Å². The number of hydrogen-bond acceptors (Lipinski definition) is 5. The Morgan fingerprint density at radius 2 is 1.87 bits per heavy atom. The second kappa shape index (κ2) is 10.8. The lowest BCUT2D eigenvalue weighted by atomic mass is 10.1. The van der Waals surface area contributed by atoms with E-state index in [1.807, 2.05) is 13.8 Å². The van der Waals surface area contributed by atoms with Crippen LogP contribution in [0.1, 0.15) is 29.8 Å². The molecular formula is C21H27ClN2O5S. The van der Waals surface area contributed by atoms with E-state index in [0.29, 0.717) is 35.1 Å². The summed E-state index contributed by atoms with van der Waals surface area (Å²) in [7, 11) is -0.700. The molecule has 2 aromatic rings. The van der Waals surface area contributed by atoms with Crippen LogP contribution >= 0.6 is 11.6 Å². The predicted molar refractivity (Wildman–Crippen MR) is 117 cm³/mol. The van der Waals surface area contributed by atoms with Gasteiger partial charge in [-0.2, -0.15) is 4.31 Å². The maximum absolute atomic E-state index is 12.9. The third-order valence-corrected chi connectivity index (χ3v) is 6.40. The quantitative estimate of drug-likeness (QED) is 0.595. The molecule has 1 amide bonds. The van der Waals surface area contributed by atoms with Gasteiger partial charge in [-0.05, 0) is 56.3 Å². The Morgan fingerprint density at radius 1 is 1.20 bits per heavy atom. The highest BCUT2D eigenvalue weighted by molar-refractivity contribution is 7.89. The first kappa shape index (κ1) is 24.1. The van der Waals surface area contributed by atoms with E-state index in [1.54, 1.807) is 25.3 Å². The van der Waals surface area contributed by atoms with Crippen molar-refractivity contribution in [2.75, 3.05) is 27.4 Å². The van der Waals surface area contributed by atoms with Gasteiger partial charge in [0, 0.05) is 42.9 Å². The molecule has 0 aliphatic heterocycles. The molecule has 0 unspecified atom stereocenters. The van der Waals surface area contributed by atoms with Gasteiger partial charge in [-0.25, -0.2) is 8.42 Å². The Balaban J connectivity index is 2.29. The van der Waals surface area contributed by atoms with Crippen molar-refractivity contribution in [3.8, 4) is 5.75 Å². The van der Waals surface area contributed by atoms with Crippen molar-refractivity contribution in [1.29, 1.82) is 0 Å². The van der Waals surface area contributed by atoms with Crippen LogP contribution < -0.4 is 10.1 Å². The molecule has 1 N–H and O–H groups in total. The summed E-state index contributed by atoms with van der Waals surface area (Å²) in [5.74, 6) is 0.254. The third kappa shape index (κ3) is 6.18. The van der Waals surface area contributed by atoms with E-state index in [1.165, 1.54) is 35.6 Å². The van der Waals surface area contributed by atoms with Crippen molar-refractivity contribution in [3.05, 3.63) is 58.6 Å². The maximum atomic E-state index is 12.9. The van der Waals surface area contributed by atoms with Crippen molar-refractivity contribution in [2.24, 2.45) is 0 Å². The van der Waals surface area contributed by atoms with E-state index < -0.39 is 10.0 Å². The van der Waals surface area contributed by atoms with Crippen molar-refractivity contribution in [2.45, 2.75) is 31.3 Å². The average Bonchev–Trinajstić information content (AvgIpc) is 2.69. The molecule has 0 saturated heterocycles. The monoisotopic (exact) mass is 454 g/mol. The molecule has 0 bridgehead atoms. The SMILES string of the molecule is CCOc1ccc(C(=O)N[C@@H](C)COC)cc1CN(C)S(=O)(=O)c1ccc(Cl)cc1. The number of rotatable bonds is 10. The number of benzene rings is 2. The van der Waals surface area contributed by atoms with E-state index in [0.717, 1.165) is 0 Å². The van der Waals surface area contributed by atoms with Gasteiger partial charge in [-0.3, -0.25) is 4.79 Å². The number of nitrogens with one attached hydrogen (secondary N) is 1. The zero-order valence-corrected chi connectivity index (χ0v) is 19.1. The molecular weight excluding hydrogens is 428 g/mol. The molecule has 2 rings (SSSR count). The average molecular weight is 455 g/mol. The molecule has 0 spiro atoms. The van der Waals surface area contributed by atoms with Gasteiger partial charge < -0.3 is 14.8 Å². The van der Waals surface area contributed by atoms with E-state index in [9.17, 15) is 13.2 Å². The van der Waals surface area contributed by atoms with Crippen LogP contribution in [0.15, 0.2) is 47.4 Å². The van der Waals surface area contributed by atoms with Gasteiger partial charge in [0.2, 0.25) is 10.0 Å². The van der Waals surface area contributed by atoms with Crippen LogP contribution in [0.25, 0.3) is 0 Å². The minimum atomic E-state index is -3.74. The van der Waals surface area contributed by atoms with Crippen molar-refractivity contribution in [3.63, 3.8) is 0 Å². The standard InChI is InChI=1S/C21H27ClN2O5S/c1-5-29-20-11-6-16(21(25)23-15(2)14-28-4)12-17(20)13-24(3)30(26,27)19-9-7-18(22)8-10-19/h6-12,15H,5,13-14H2,1-4H3,(H,23,25)/t15-/m0/s1. The van der Waals surface area contributed by atoms with Crippen LogP contribution in [-0.4, -0.2) is 52.0 Å². The molecule has 0 radical (unpaired) electrons. The molecule has 0 aliphatic carbocycles. The first-order chi connectivity index (χ1) is 14.2. The number of methoxy groups -OCH3 is 1. The highest BCUT2D eigenvalue weighted by Gasteiger charge is 2.23. The second-order valence-corrected chi connectivity index (χ2v) is 9.28. The zero-order chi connectivity index (χ0) is 22.3. The fraction of sp³-hybridized carbons (Fsp3) is 0.381. The number of amides is 1. The van der Waals surface area contributed by atoms with E-state index in [4.69, 9.17) is 21.1 Å². The van der Waals surface area contributed by atoms with Gasteiger partial charge in [-0.1, -0.05) is 11.6 Å². The van der Waals surface area contributed by atoms with Crippen molar-refractivity contribution >= 4 is 27.5 Å². The van der Waals surface area contributed by atoms with Gasteiger partial charge in [0.15, 0.2) is 0 Å². The van der Waals surface area contributed by atoms with Crippen molar-refractivity contribution in [1.82, 2.24) is 9.62 Å². The van der Waals surface area contributed by atoms with Gasteiger partial charge in [0.1, 0.15) is 5.75 Å². The van der Waals surface area contributed by atoms with E-state index >= 15 is 0 Å². The Bertz CT molecular complexity index is 964. The van der Waals surface area contributed by atoms with Crippen LogP contribution in [0.2, 0.25) is 5.02 Å². The van der Waals surface area contributed by atoms with Crippen LogP contribution in [0.4, 0.5) is 0 Å². The van der Waals surface area contributed by atoms with Crippen molar-refractivity contribution < 1.29 is 22.7 Å². The summed E-state index contributed by atoms with van der Waals surface area (Å²) in [6.45, 7) is 4.51. The lowest BCUT2D eigenvalue weighted by Crippen LogP contribution is -2.35. The lowest BCUT2D eigenvalue weighted by Gasteiger charge is -2.20. The molecule has 1 atom stereocenters. The molecule has 164 valence electrons. The fourth-order valence-corrected chi connectivity index (χ4v) is 4.13. The van der Waals surface area contributed by atoms with E-state index in [-0.39, 0.29) is 23.4 Å². The smallest absolute Gasteiger partial charge is 0.251 e. The topological polar surface area (TPSA) is 84.9 Å². The van der Waals surface area contributed by atoms with E-state index in [2.05, 4.69) is 5.32 Å². The fourth-order valence-electron chi connectivity index (χ4n) is 2.85. The minimum absolute atomic E-state index is 0.0367. The van der Waals surface area contributed by atoms with Gasteiger partial charge in [0.05, 0.1) is 18.1 Å². The number of ether oxygens (including phenoxy) is 2. The molecule has 2 aromatic carbocycles. The molecule has 0 aromatic heterocycles. The van der Waals surface area contributed by atoms with Crippen LogP contribution in [-0.2, 0) is 21.3 Å². The molecule has 9 heteroatoms. The largest absolute Gasteiger partial charge is 0.494 e. The summed E-state index contributed by atoms with van der Waals surface area (Å²) < 4.78 is 37.7. The molecule has 30 heavy (non-hydrogen) atoms. The minimum Gasteiger partial charge on any atom is -0.494 e. The summed E-state index contributed by atoms with van der Waals surface area (Å²) in [6, 6.07) is 10.8. The summed E-state index contributed by atoms with van der Waals surface area (Å²) in [6.07, 6.45) is 0. The highest BCUT2D eigenvalue weighted by Crippen LogP contribution is 2.25. The number of carbonyl (C=O) groups excluding carboxylic acids is 1. The molecule has 7 nitrogen and oxygen atoms in total. The molecule has 0 saturated carbocycles. The third-order valence-electron chi connectivity index (χ3n) is 4.33.